The normalized spacial score (nSPS) is 21.8. The molecule has 11 heavy (non-hydrogen) atoms. The fraction of sp³-hybridized carbons (Fsp3) is 1.00. The van der Waals surface area contributed by atoms with Crippen LogP contribution in [0.2, 0.25) is 0 Å². The summed E-state index contributed by atoms with van der Waals surface area (Å²) in [6.07, 6.45) is 0. The molecule has 0 radical (unpaired) electrons. The van der Waals surface area contributed by atoms with E-state index in [0.717, 1.165) is 5.41 Å². The first-order valence-electron chi connectivity index (χ1n) is 2.83. The molecule has 0 aliphatic carbocycles. The molecule has 4 nitrogen and oxygen atoms in total. The van der Waals surface area contributed by atoms with Gasteiger partial charge in [0.2, 0.25) is 0 Å². The van der Waals surface area contributed by atoms with Gasteiger partial charge in [0.25, 0.3) is 0 Å². The molecule has 1 spiro atoms. The molecule has 0 unspecified atom stereocenters. The van der Waals surface area contributed by atoms with Crippen molar-refractivity contribution in [2.75, 3.05) is 26.2 Å². The molecule has 2 aliphatic heterocycles. The van der Waals surface area contributed by atoms with Crippen LogP contribution in [0.5, 0.6) is 0 Å². The molecule has 0 bridgehead atoms. The van der Waals surface area contributed by atoms with Gasteiger partial charge in [0.15, 0.2) is 0 Å². The first-order valence-corrected chi connectivity index (χ1v) is 2.83. The van der Waals surface area contributed by atoms with Crippen molar-refractivity contribution in [3.05, 3.63) is 0 Å². The highest BCUT2D eigenvalue weighted by Crippen LogP contribution is 2.25. The third kappa shape index (κ3) is 2.74. The van der Waals surface area contributed by atoms with E-state index in [2.05, 4.69) is 10.6 Å². The lowest BCUT2D eigenvalue weighted by molar-refractivity contribution is 0.0895. The van der Waals surface area contributed by atoms with Gasteiger partial charge in [-0.2, -0.15) is 0 Å². The van der Waals surface area contributed by atoms with E-state index in [4.69, 9.17) is 0 Å². The summed E-state index contributed by atoms with van der Waals surface area (Å²) in [5.74, 6) is 0. The molecule has 2 fully saturated rings. The highest BCUT2D eigenvalue weighted by molar-refractivity contribution is 5.85. The van der Waals surface area contributed by atoms with Gasteiger partial charge >= 0.3 is 0 Å². The minimum Gasteiger partial charge on any atom is -0.412 e. The summed E-state index contributed by atoms with van der Waals surface area (Å²) in [5.41, 5.74) is 0.722. The summed E-state index contributed by atoms with van der Waals surface area (Å²) in [7, 11) is 0. The van der Waals surface area contributed by atoms with Gasteiger partial charge in [-0.25, -0.2) is 0 Å². The molecule has 2 saturated heterocycles. The van der Waals surface area contributed by atoms with Crippen molar-refractivity contribution < 1.29 is 11.0 Å². The molecule has 0 aromatic carbocycles. The van der Waals surface area contributed by atoms with Crippen LogP contribution < -0.4 is 10.6 Å². The Balaban J connectivity index is -0.000000160. The van der Waals surface area contributed by atoms with Gasteiger partial charge in [0.05, 0.1) is 0 Å². The molecule has 6 N–H and O–H groups in total. The topological polar surface area (TPSA) is 87.1 Å². The molecular weight excluding hydrogens is 191 g/mol. The van der Waals surface area contributed by atoms with Crippen molar-refractivity contribution in [1.82, 2.24) is 10.6 Å². The average molecular weight is 207 g/mol. The number of halogens is 2. The first-order chi connectivity index (χ1) is 3.41. The molecule has 0 aromatic rings. The fourth-order valence-corrected chi connectivity index (χ4v) is 1.21. The summed E-state index contributed by atoms with van der Waals surface area (Å²) in [6.45, 7) is 5.00. The number of hydrogen-bond acceptors (Lipinski definition) is 2. The zero-order valence-electron chi connectivity index (χ0n) is 6.14. The van der Waals surface area contributed by atoms with Crippen LogP contribution in [0.4, 0.5) is 0 Å². The standard InChI is InChI=1S/C5H10N2.2ClH.2H2O/c1-5(2-6-1)3-7-4-5;;;;/h6-7H,1-4H2;2*1H;2*1H2. The molecule has 0 aromatic heterocycles. The van der Waals surface area contributed by atoms with Gasteiger partial charge in [-0.05, 0) is 0 Å². The van der Waals surface area contributed by atoms with Crippen LogP contribution in [0.3, 0.4) is 0 Å². The lowest BCUT2D eigenvalue weighted by Gasteiger charge is -2.50. The highest BCUT2D eigenvalue weighted by Gasteiger charge is 2.41. The smallest absolute Gasteiger partial charge is 0.0202 e. The average Bonchev–Trinajstić information content (AvgIpc) is 1.20. The molecular formula is C5H16Cl2N2O2. The predicted molar refractivity (Wildman–Crippen MR) is 49.9 cm³/mol. The van der Waals surface area contributed by atoms with Gasteiger partial charge in [-0.1, -0.05) is 0 Å². The van der Waals surface area contributed by atoms with E-state index in [1.807, 2.05) is 0 Å². The Morgan fingerprint density at radius 3 is 1.00 bits per heavy atom. The molecule has 0 saturated carbocycles. The van der Waals surface area contributed by atoms with Gasteiger partial charge in [-0.15, -0.1) is 24.8 Å². The van der Waals surface area contributed by atoms with E-state index >= 15 is 0 Å². The van der Waals surface area contributed by atoms with E-state index in [9.17, 15) is 0 Å². The quantitative estimate of drug-likeness (QED) is 0.499. The van der Waals surface area contributed by atoms with E-state index < -0.39 is 0 Å². The summed E-state index contributed by atoms with van der Waals surface area (Å²) in [5, 5.41) is 6.53. The minimum absolute atomic E-state index is 0. The summed E-state index contributed by atoms with van der Waals surface area (Å²) in [6, 6.07) is 0. The number of hydrogen-bond donors (Lipinski definition) is 2. The van der Waals surface area contributed by atoms with Crippen LogP contribution in [0.1, 0.15) is 0 Å². The second kappa shape index (κ2) is 5.99. The highest BCUT2D eigenvalue weighted by atomic mass is 35.5. The Morgan fingerprint density at radius 1 is 0.727 bits per heavy atom. The molecule has 2 rings (SSSR count). The van der Waals surface area contributed by atoms with E-state index in [1.54, 1.807) is 0 Å². The lowest BCUT2D eigenvalue weighted by Crippen LogP contribution is -2.69. The van der Waals surface area contributed by atoms with Crippen LogP contribution in [-0.4, -0.2) is 37.1 Å². The Morgan fingerprint density at radius 2 is 1.00 bits per heavy atom. The third-order valence-corrected chi connectivity index (χ3v) is 2.00. The molecule has 0 atom stereocenters. The molecule has 2 aliphatic rings. The maximum Gasteiger partial charge on any atom is 0.0202 e. The third-order valence-electron chi connectivity index (χ3n) is 2.00. The predicted octanol–water partition coefficient (Wildman–Crippen LogP) is -1.63. The van der Waals surface area contributed by atoms with Crippen LogP contribution in [0, 0.1) is 5.41 Å². The lowest BCUT2D eigenvalue weighted by atomic mass is 9.76. The molecule has 0 amide bonds. The van der Waals surface area contributed by atoms with Crippen molar-refractivity contribution in [3.63, 3.8) is 0 Å². The Kier molecular flexibility index (Phi) is 9.53. The van der Waals surface area contributed by atoms with E-state index in [0.29, 0.717) is 0 Å². The summed E-state index contributed by atoms with van der Waals surface area (Å²) >= 11 is 0. The monoisotopic (exact) mass is 206 g/mol. The van der Waals surface area contributed by atoms with Crippen molar-refractivity contribution in [3.8, 4) is 0 Å². The second-order valence-electron chi connectivity index (χ2n) is 2.71. The zero-order valence-corrected chi connectivity index (χ0v) is 7.78. The molecule has 2 heterocycles. The van der Waals surface area contributed by atoms with Gasteiger partial charge in [0.1, 0.15) is 0 Å². The Labute approximate surface area is 78.6 Å². The zero-order chi connectivity index (χ0) is 4.74. The van der Waals surface area contributed by atoms with E-state index in [-0.39, 0.29) is 35.8 Å². The van der Waals surface area contributed by atoms with Crippen LogP contribution in [0.15, 0.2) is 0 Å². The number of nitrogens with one attached hydrogen (secondary N) is 2. The summed E-state index contributed by atoms with van der Waals surface area (Å²) < 4.78 is 0. The van der Waals surface area contributed by atoms with Crippen molar-refractivity contribution in [2.45, 2.75) is 0 Å². The van der Waals surface area contributed by atoms with Crippen molar-refractivity contribution in [2.24, 2.45) is 5.41 Å². The van der Waals surface area contributed by atoms with Gasteiger partial charge in [0, 0.05) is 31.6 Å². The minimum atomic E-state index is 0. The maximum absolute atomic E-state index is 3.26. The van der Waals surface area contributed by atoms with Crippen LogP contribution in [-0.2, 0) is 0 Å². The maximum atomic E-state index is 3.26. The van der Waals surface area contributed by atoms with Crippen molar-refractivity contribution >= 4 is 24.8 Å². The fourth-order valence-electron chi connectivity index (χ4n) is 1.21. The van der Waals surface area contributed by atoms with Crippen LogP contribution in [0.25, 0.3) is 0 Å². The Hall–Kier alpha value is 0.420. The summed E-state index contributed by atoms with van der Waals surface area (Å²) in [4.78, 5) is 0. The molecule has 72 valence electrons. The van der Waals surface area contributed by atoms with E-state index in [1.165, 1.54) is 26.2 Å². The van der Waals surface area contributed by atoms with Gasteiger partial charge in [-0.3, -0.25) is 0 Å². The second-order valence-corrected chi connectivity index (χ2v) is 2.71. The van der Waals surface area contributed by atoms with Gasteiger partial charge < -0.3 is 21.6 Å². The largest absolute Gasteiger partial charge is 0.412 e. The van der Waals surface area contributed by atoms with Crippen LogP contribution >= 0.6 is 24.8 Å². The molecule has 6 heteroatoms. The first kappa shape index (κ1) is 17.5. The van der Waals surface area contributed by atoms with Crippen molar-refractivity contribution in [1.29, 1.82) is 0 Å². The number of rotatable bonds is 0. The SMILES string of the molecule is C1NCC12CNC2.Cl.Cl.O.O. The Bertz CT molecular complexity index is 81.0.